The zero-order valence-corrected chi connectivity index (χ0v) is 18.1. The Morgan fingerprint density at radius 1 is 0.793 bits per heavy atom. The number of phenolic OH excluding ortho intramolecular Hbond substituents is 2. The molecule has 10 heteroatoms. The molecule has 3 aromatic carbocycles. The largest absolute Gasteiger partial charge is 0.504 e. The first-order chi connectivity index (χ1) is 13.5. The van der Waals surface area contributed by atoms with E-state index in [0.29, 0.717) is 0 Å². The lowest BCUT2D eigenvalue weighted by Gasteiger charge is -2.33. The third-order valence-electron chi connectivity index (χ3n) is 4.42. The molecule has 0 aliphatic rings. The predicted molar refractivity (Wildman–Crippen MR) is 114 cm³/mol. The summed E-state index contributed by atoms with van der Waals surface area (Å²) < 4.78 is 34.0. The maximum atomic E-state index is 12.9. The van der Waals surface area contributed by atoms with Crippen LogP contribution in [0, 0.1) is 0 Å². The monoisotopic (exact) mass is 492 g/mol. The molecule has 0 spiro atoms. The second-order valence-corrected chi connectivity index (χ2v) is 9.28. The van der Waals surface area contributed by atoms with Gasteiger partial charge in [0.25, 0.3) is 10.1 Å². The Morgan fingerprint density at radius 3 is 2.03 bits per heavy atom. The van der Waals surface area contributed by atoms with E-state index in [-0.39, 0.29) is 31.8 Å². The molecule has 0 heterocycles. The Morgan fingerprint density at radius 2 is 1.45 bits per heavy atom. The SMILES string of the molecule is O=S(=O)(O)C(c1cccc(Cl)c1)(c1ccc(Cl)c(Cl)c1)c1ccc(O)c(O)c1Cl. The number of rotatable bonds is 4. The average Bonchev–Trinajstić information content (AvgIpc) is 2.64. The van der Waals surface area contributed by atoms with Crippen LogP contribution in [0.15, 0.2) is 54.6 Å². The Bertz CT molecular complexity index is 1210. The fraction of sp³-hybridized carbons (Fsp3) is 0.0526. The number of halogens is 4. The summed E-state index contributed by atoms with van der Waals surface area (Å²) in [5, 5.41) is 19.8. The highest BCUT2D eigenvalue weighted by molar-refractivity contribution is 7.87. The van der Waals surface area contributed by atoms with E-state index in [4.69, 9.17) is 46.4 Å². The van der Waals surface area contributed by atoms with Gasteiger partial charge in [0.05, 0.1) is 15.1 Å². The van der Waals surface area contributed by atoms with Gasteiger partial charge in [-0.3, -0.25) is 4.55 Å². The van der Waals surface area contributed by atoms with Gasteiger partial charge in [0, 0.05) is 10.6 Å². The molecule has 0 radical (unpaired) electrons. The van der Waals surface area contributed by atoms with Gasteiger partial charge < -0.3 is 10.2 Å². The van der Waals surface area contributed by atoms with Crippen molar-refractivity contribution in [3.05, 3.63) is 91.4 Å². The van der Waals surface area contributed by atoms with E-state index in [9.17, 15) is 23.2 Å². The van der Waals surface area contributed by atoms with Crippen LogP contribution >= 0.6 is 46.4 Å². The second kappa shape index (κ2) is 7.87. The highest BCUT2D eigenvalue weighted by Crippen LogP contribution is 2.50. The van der Waals surface area contributed by atoms with Gasteiger partial charge in [-0.15, -0.1) is 0 Å². The maximum absolute atomic E-state index is 12.9. The van der Waals surface area contributed by atoms with Crippen molar-refractivity contribution >= 4 is 56.5 Å². The molecule has 152 valence electrons. The first-order valence-electron chi connectivity index (χ1n) is 7.89. The van der Waals surface area contributed by atoms with Gasteiger partial charge in [0.1, 0.15) is 0 Å². The molecule has 0 saturated carbocycles. The van der Waals surface area contributed by atoms with E-state index in [1.54, 1.807) is 0 Å². The molecule has 0 saturated heterocycles. The smallest absolute Gasteiger partial charge is 0.283 e. The molecule has 5 nitrogen and oxygen atoms in total. The maximum Gasteiger partial charge on any atom is 0.283 e. The minimum absolute atomic E-state index is 0.0105. The topological polar surface area (TPSA) is 94.8 Å². The van der Waals surface area contributed by atoms with E-state index < -0.39 is 31.4 Å². The highest BCUT2D eigenvalue weighted by Gasteiger charge is 2.50. The molecule has 3 rings (SSSR count). The quantitative estimate of drug-likeness (QED) is 0.239. The summed E-state index contributed by atoms with van der Waals surface area (Å²) >= 11 is 24.4. The molecule has 3 N–H and O–H groups in total. The third-order valence-corrected chi connectivity index (χ3v) is 7.24. The van der Waals surface area contributed by atoms with Crippen LogP contribution in [0.25, 0.3) is 0 Å². The number of phenols is 2. The van der Waals surface area contributed by atoms with Crippen molar-refractivity contribution in [2.24, 2.45) is 0 Å². The van der Waals surface area contributed by atoms with Gasteiger partial charge in [-0.2, -0.15) is 8.42 Å². The first kappa shape index (κ1) is 22.0. The molecule has 0 aliphatic carbocycles. The standard InChI is InChI=1S/C19H12Cl4O5S/c20-12-3-1-2-10(8-12)19(29(26,27)28,11-4-6-14(21)15(22)9-11)13-5-7-16(24)18(25)17(13)23/h1-9,24-25H,(H,26,27,28). The first-order valence-corrected chi connectivity index (χ1v) is 10.8. The van der Waals surface area contributed by atoms with E-state index >= 15 is 0 Å². The van der Waals surface area contributed by atoms with Gasteiger partial charge >= 0.3 is 0 Å². The van der Waals surface area contributed by atoms with Crippen molar-refractivity contribution < 1.29 is 23.2 Å². The Kier molecular flexibility index (Phi) is 5.98. The molecule has 1 unspecified atom stereocenters. The summed E-state index contributed by atoms with van der Waals surface area (Å²) in [6.07, 6.45) is 0. The van der Waals surface area contributed by atoms with Crippen LogP contribution in [-0.4, -0.2) is 23.2 Å². The summed E-state index contributed by atoms with van der Waals surface area (Å²) in [4.78, 5) is 0. The molecule has 0 bridgehead atoms. The van der Waals surface area contributed by atoms with Crippen molar-refractivity contribution in [2.45, 2.75) is 4.75 Å². The lowest BCUT2D eigenvalue weighted by Crippen LogP contribution is -2.38. The summed E-state index contributed by atoms with van der Waals surface area (Å²) in [5.74, 6) is -1.32. The fourth-order valence-corrected chi connectivity index (χ4v) is 5.31. The van der Waals surface area contributed by atoms with Crippen molar-refractivity contribution in [3.8, 4) is 11.5 Å². The summed E-state index contributed by atoms with van der Waals surface area (Å²) in [5.41, 5.74) is -0.209. The van der Waals surface area contributed by atoms with Gasteiger partial charge in [-0.1, -0.05) is 70.7 Å². The van der Waals surface area contributed by atoms with Crippen LogP contribution in [0.4, 0.5) is 0 Å². The fourth-order valence-electron chi connectivity index (χ4n) is 3.16. The average molecular weight is 494 g/mol. The van der Waals surface area contributed by atoms with Crippen LogP contribution in [0.2, 0.25) is 20.1 Å². The number of hydrogen-bond acceptors (Lipinski definition) is 4. The van der Waals surface area contributed by atoms with Crippen LogP contribution in [0.5, 0.6) is 11.5 Å². The summed E-state index contributed by atoms with van der Waals surface area (Å²) in [7, 11) is -5.02. The molecule has 1 atom stereocenters. The minimum atomic E-state index is -5.02. The zero-order chi connectivity index (χ0) is 21.6. The van der Waals surface area contributed by atoms with Gasteiger partial charge in [0.15, 0.2) is 16.2 Å². The Balaban J connectivity index is 2.58. The normalized spacial score (nSPS) is 13.8. The number of aromatic hydroxyl groups is 2. The zero-order valence-electron chi connectivity index (χ0n) is 14.3. The molecule has 29 heavy (non-hydrogen) atoms. The Labute approximate surface area is 186 Å². The molecule has 3 aromatic rings. The highest BCUT2D eigenvalue weighted by atomic mass is 35.5. The Hall–Kier alpha value is -1.67. The predicted octanol–water partition coefficient (Wildman–Crippen LogP) is 5.89. The molecule has 0 fully saturated rings. The van der Waals surface area contributed by atoms with Crippen LogP contribution < -0.4 is 0 Å². The lowest BCUT2D eigenvalue weighted by atomic mass is 9.83. The van der Waals surface area contributed by atoms with Crippen LogP contribution in [0.1, 0.15) is 16.7 Å². The van der Waals surface area contributed by atoms with E-state index in [1.165, 1.54) is 48.5 Å². The summed E-state index contributed by atoms with van der Waals surface area (Å²) in [6, 6.07) is 12.0. The van der Waals surface area contributed by atoms with E-state index in [2.05, 4.69) is 0 Å². The van der Waals surface area contributed by atoms with E-state index in [1.807, 2.05) is 0 Å². The number of benzene rings is 3. The third kappa shape index (κ3) is 3.65. The van der Waals surface area contributed by atoms with Gasteiger partial charge in [-0.05, 0) is 41.5 Å². The second-order valence-electron chi connectivity index (χ2n) is 6.09. The molecule has 0 aliphatic heterocycles. The number of hydrogen-bond donors (Lipinski definition) is 3. The minimum Gasteiger partial charge on any atom is -0.504 e. The van der Waals surface area contributed by atoms with Crippen molar-refractivity contribution in [1.29, 1.82) is 0 Å². The van der Waals surface area contributed by atoms with Crippen molar-refractivity contribution in [3.63, 3.8) is 0 Å². The summed E-state index contributed by atoms with van der Waals surface area (Å²) in [6.45, 7) is 0. The lowest BCUT2D eigenvalue weighted by molar-refractivity contribution is 0.402. The van der Waals surface area contributed by atoms with Crippen LogP contribution in [-0.2, 0) is 14.9 Å². The molecule has 0 aromatic heterocycles. The van der Waals surface area contributed by atoms with Crippen LogP contribution in [0.3, 0.4) is 0 Å². The van der Waals surface area contributed by atoms with Gasteiger partial charge in [-0.25, -0.2) is 0 Å². The molecular weight excluding hydrogens is 482 g/mol. The van der Waals surface area contributed by atoms with Gasteiger partial charge in [0.2, 0.25) is 0 Å². The van der Waals surface area contributed by atoms with Crippen molar-refractivity contribution in [1.82, 2.24) is 0 Å². The van der Waals surface area contributed by atoms with E-state index in [0.717, 1.165) is 6.07 Å². The van der Waals surface area contributed by atoms with Crippen molar-refractivity contribution in [2.75, 3.05) is 0 Å². The molecule has 0 amide bonds. The molecular formula is C19H12Cl4O5S.